The third kappa shape index (κ3) is 22.1. The summed E-state index contributed by atoms with van der Waals surface area (Å²) in [5, 5.41) is 38.6. The van der Waals surface area contributed by atoms with Crippen LogP contribution in [0.2, 0.25) is 0 Å². The molecule has 0 spiro atoms. The molecule has 1 amide bonds. The first-order valence-electron chi connectivity index (χ1n) is 13.4. The van der Waals surface area contributed by atoms with Crippen molar-refractivity contribution in [3.05, 3.63) is 0 Å². The Balaban J connectivity index is 4.70. The molecule has 10 heteroatoms. The molecule has 0 heterocycles. The van der Waals surface area contributed by atoms with Crippen LogP contribution in [-0.4, -0.2) is 91.8 Å². The fourth-order valence-corrected chi connectivity index (χ4v) is 3.72. The summed E-state index contributed by atoms with van der Waals surface area (Å²) in [4.78, 5) is 18.5. The predicted octanol–water partition coefficient (Wildman–Crippen LogP) is 3.63. The van der Waals surface area contributed by atoms with E-state index in [0.717, 1.165) is 58.4 Å². The quantitative estimate of drug-likeness (QED) is 0.227. The van der Waals surface area contributed by atoms with Gasteiger partial charge in [-0.05, 0) is 40.2 Å². The summed E-state index contributed by atoms with van der Waals surface area (Å²) in [5.74, 6) is 0. The number of nitriles is 4. The third-order valence-corrected chi connectivity index (χ3v) is 5.69. The average Bonchev–Trinajstić information content (AvgIpc) is 2.85. The van der Waals surface area contributed by atoms with Gasteiger partial charge in [-0.15, -0.1) is 0 Å². The Labute approximate surface area is 224 Å². The SMILES string of the molecule is CC(C)(C)OC(=O)NCCCCCCN(CCN(CCC#N)CCC#N)CCN(CCC#N)CCC#N. The Kier molecular flexibility index (Phi) is 20.6. The standard InChI is InChI=1S/C27H46N8O2/c1-27(2,3)37-26(36)32-16-6-4-5-7-17-35(24-22-33(18-8-12-28)19-9-13-29)25-23-34(20-10-14-30)21-11-15-31/h4-11,16-25H2,1-3H3,(H,32,36). The molecule has 0 radical (unpaired) electrons. The minimum absolute atomic E-state index is 0.381. The highest BCUT2D eigenvalue weighted by Gasteiger charge is 2.15. The monoisotopic (exact) mass is 514 g/mol. The van der Waals surface area contributed by atoms with E-state index in [1.54, 1.807) is 0 Å². The molecule has 0 aromatic heterocycles. The summed E-state index contributed by atoms with van der Waals surface area (Å²) in [7, 11) is 0. The van der Waals surface area contributed by atoms with E-state index >= 15 is 0 Å². The van der Waals surface area contributed by atoms with Crippen molar-refractivity contribution >= 4 is 6.09 Å². The number of carbonyl (C=O) groups is 1. The molecule has 37 heavy (non-hydrogen) atoms. The zero-order chi connectivity index (χ0) is 27.8. The predicted molar refractivity (Wildman–Crippen MR) is 143 cm³/mol. The minimum Gasteiger partial charge on any atom is -0.444 e. The van der Waals surface area contributed by atoms with Gasteiger partial charge in [-0.3, -0.25) is 0 Å². The van der Waals surface area contributed by atoms with Gasteiger partial charge in [-0.1, -0.05) is 12.8 Å². The van der Waals surface area contributed by atoms with E-state index < -0.39 is 5.60 Å². The Bertz CT molecular complexity index is 690. The van der Waals surface area contributed by atoms with Crippen LogP contribution in [0.3, 0.4) is 0 Å². The van der Waals surface area contributed by atoms with Gasteiger partial charge in [0, 0.05) is 84.6 Å². The number of nitrogens with zero attached hydrogens (tertiary/aromatic N) is 7. The Morgan fingerprint density at radius 3 is 1.38 bits per heavy atom. The molecule has 0 aromatic carbocycles. The second kappa shape index (κ2) is 22.3. The first-order chi connectivity index (χ1) is 17.8. The van der Waals surface area contributed by atoms with Crippen LogP contribution in [0.15, 0.2) is 0 Å². The van der Waals surface area contributed by atoms with E-state index in [-0.39, 0.29) is 6.09 Å². The van der Waals surface area contributed by atoms with Gasteiger partial charge >= 0.3 is 6.09 Å². The average molecular weight is 515 g/mol. The number of amides is 1. The Morgan fingerprint density at radius 1 is 0.622 bits per heavy atom. The van der Waals surface area contributed by atoms with E-state index in [1.165, 1.54) is 0 Å². The molecule has 0 aliphatic carbocycles. The summed E-state index contributed by atoms with van der Waals surface area (Å²) in [5.41, 5.74) is -0.495. The number of unbranched alkanes of at least 4 members (excludes halogenated alkanes) is 3. The van der Waals surface area contributed by atoms with Crippen LogP contribution in [0.4, 0.5) is 4.79 Å². The lowest BCUT2D eigenvalue weighted by Gasteiger charge is -2.29. The van der Waals surface area contributed by atoms with E-state index in [1.807, 2.05) is 20.8 Å². The molecule has 0 rings (SSSR count). The van der Waals surface area contributed by atoms with E-state index in [9.17, 15) is 4.79 Å². The first kappa shape index (κ1) is 34.1. The first-order valence-corrected chi connectivity index (χ1v) is 13.4. The smallest absolute Gasteiger partial charge is 0.407 e. The lowest BCUT2D eigenvalue weighted by Crippen LogP contribution is -2.41. The summed E-state index contributed by atoms with van der Waals surface area (Å²) in [6.45, 7) is 12.9. The summed E-state index contributed by atoms with van der Waals surface area (Å²) in [6, 6.07) is 8.75. The van der Waals surface area contributed by atoms with Crippen molar-refractivity contribution in [1.29, 1.82) is 21.0 Å². The zero-order valence-corrected chi connectivity index (χ0v) is 23.2. The summed E-state index contributed by atoms with van der Waals surface area (Å²) < 4.78 is 5.25. The van der Waals surface area contributed by atoms with Crippen molar-refractivity contribution in [1.82, 2.24) is 20.0 Å². The van der Waals surface area contributed by atoms with E-state index in [2.05, 4.69) is 44.3 Å². The van der Waals surface area contributed by atoms with Crippen molar-refractivity contribution in [2.24, 2.45) is 0 Å². The molecule has 1 N–H and O–H groups in total. The Hall–Kier alpha value is -2.89. The maximum Gasteiger partial charge on any atom is 0.407 e. The molecular formula is C27H46N8O2. The fraction of sp³-hybridized carbons (Fsp3) is 0.815. The lowest BCUT2D eigenvalue weighted by atomic mass is 10.2. The normalized spacial score (nSPS) is 11.1. The molecule has 0 saturated carbocycles. The lowest BCUT2D eigenvalue weighted by molar-refractivity contribution is 0.0527. The summed E-state index contributed by atoms with van der Waals surface area (Å²) in [6.07, 6.45) is 5.37. The van der Waals surface area contributed by atoms with Gasteiger partial charge in [-0.2, -0.15) is 21.0 Å². The maximum absolute atomic E-state index is 11.7. The van der Waals surface area contributed by atoms with Crippen LogP contribution in [0.1, 0.15) is 72.1 Å². The highest BCUT2D eigenvalue weighted by molar-refractivity contribution is 5.67. The van der Waals surface area contributed by atoms with E-state index in [4.69, 9.17) is 25.8 Å². The topological polar surface area (TPSA) is 143 Å². The number of hydrogen-bond acceptors (Lipinski definition) is 9. The molecule has 0 saturated heterocycles. The highest BCUT2D eigenvalue weighted by atomic mass is 16.6. The molecule has 0 unspecified atom stereocenters. The second-order valence-electron chi connectivity index (χ2n) is 10.0. The Morgan fingerprint density at radius 2 is 1.00 bits per heavy atom. The minimum atomic E-state index is -0.495. The van der Waals surface area contributed by atoms with Gasteiger partial charge in [0.25, 0.3) is 0 Å². The van der Waals surface area contributed by atoms with Crippen LogP contribution in [0, 0.1) is 45.3 Å². The molecule has 0 fully saturated rings. The number of carbonyl (C=O) groups excluding carboxylic acids is 1. The molecule has 206 valence electrons. The van der Waals surface area contributed by atoms with Gasteiger partial charge in [0.1, 0.15) is 5.60 Å². The number of hydrogen-bond donors (Lipinski definition) is 1. The van der Waals surface area contributed by atoms with Crippen molar-refractivity contribution in [2.45, 2.75) is 77.7 Å². The van der Waals surface area contributed by atoms with Gasteiger partial charge in [-0.25, -0.2) is 4.79 Å². The molecule has 0 atom stereocenters. The molecular weight excluding hydrogens is 468 g/mol. The number of alkyl carbamates (subject to hydrolysis) is 1. The van der Waals surface area contributed by atoms with Gasteiger partial charge in [0.15, 0.2) is 0 Å². The van der Waals surface area contributed by atoms with Crippen LogP contribution in [0.5, 0.6) is 0 Å². The third-order valence-electron chi connectivity index (χ3n) is 5.69. The van der Waals surface area contributed by atoms with Crippen LogP contribution in [-0.2, 0) is 4.74 Å². The van der Waals surface area contributed by atoms with Crippen LogP contribution in [0.25, 0.3) is 0 Å². The second-order valence-corrected chi connectivity index (χ2v) is 10.0. The van der Waals surface area contributed by atoms with Crippen molar-refractivity contribution in [3.8, 4) is 24.3 Å². The van der Waals surface area contributed by atoms with E-state index in [0.29, 0.717) is 58.4 Å². The fourth-order valence-electron chi connectivity index (χ4n) is 3.72. The van der Waals surface area contributed by atoms with Crippen LogP contribution >= 0.6 is 0 Å². The molecule has 0 aromatic rings. The van der Waals surface area contributed by atoms with Crippen molar-refractivity contribution in [3.63, 3.8) is 0 Å². The van der Waals surface area contributed by atoms with Gasteiger partial charge < -0.3 is 24.8 Å². The zero-order valence-electron chi connectivity index (χ0n) is 23.2. The summed E-state index contributed by atoms with van der Waals surface area (Å²) >= 11 is 0. The highest BCUT2D eigenvalue weighted by Crippen LogP contribution is 2.07. The van der Waals surface area contributed by atoms with Gasteiger partial charge in [0.2, 0.25) is 0 Å². The molecule has 0 bridgehead atoms. The van der Waals surface area contributed by atoms with Crippen LogP contribution < -0.4 is 5.32 Å². The molecule has 0 aliphatic rings. The van der Waals surface area contributed by atoms with Gasteiger partial charge in [0.05, 0.1) is 24.3 Å². The number of rotatable bonds is 21. The van der Waals surface area contributed by atoms with Crippen molar-refractivity contribution in [2.75, 3.05) is 65.4 Å². The molecule has 10 nitrogen and oxygen atoms in total. The molecule has 0 aliphatic heterocycles. The van der Waals surface area contributed by atoms with Crippen molar-refractivity contribution < 1.29 is 9.53 Å². The number of ether oxygens (including phenoxy) is 1. The number of nitrogens with one attached hydrogen (secondary N) is 1. The largest absolute Gasteiger partial charge is 0.444 e. The maximum atomic E-state index is 11.7.